The molecule has 1 fully saturated rings. The fourth-order valence-electron chi connectivity index (χ4n) is 3.63. The number of nitrogens with zero attached hydrogens (tertiary/aromatic N) is 4. The van der Waals surface area contributed by atoms with Crippen molar-refractivity contribution >= 4 is 67.1 Å². The Labute approximate surface area is 196 Å². The Hall–Kier alpha value is -1.77. The fourth-order valence-corrected chi connectivity index (χ4v) is 6.81. The van der Waals surface area contributed by atoms with Crippen molar-refractivity contribution in [2.24, 2.45) is 0 Å². The number of fused-ring (bicyclic) bond motifs is 2. The van der Waals surface area contributed by atoms with Crippen molar-refractivity contribution in [3.63, 3.8) is 0 Å². The van der Waals surface area contributed by atoms with Gasteiger partial charge in [0.15, 0.2) is 27.9 Å². The van der Waals surface area contributed by atoms with Crippen LogP contribution in [0, 0.1) is 3.57 Å². The maximum Gasteiger partial charge on any atom is 0.214 e. The van der Waals surface area contributed by atoms with E-state index in [2.05, 4.69) is 42.3 Å². The van der Waals surface area contributed by atoms with Gasteiger partial charge in [-0.2, -0.15) is 0 Å². The first-order chi connectivity index (χ1) is 14.8. The summed E-state index contributed by atoms with van der Waals surface area (Å²) in [6, 6.07) is 3.97. The Morgan fingerprint density at radius 2 is 2.06 bits per heavy atom. The maximum atomic E-state index is 12.2. The SMILES string of the molecule is Nc1ncnc2c1nc(Sc1cc3c(cc1I)CCC3=O)n2CCNS(=O)(=O)C1CC1. The molecule has 2 heterocycles. The van der Waals surface area contributed by atoms with Crippen LogP contribution in [0.5, 0.6) is 0 Å². The van der Waals surface area contributed by atoms with Gasteiger partial charge in [-0.25, -0.2) is 28.1 Å². The van der Waals surface area contributed by atoms with E-state index in [0.717, 1.165) is 26.0 Å². The van der Waals surface area contributed by atoms with Gasteiger partial charge in [-0.05, 0) is 59.5 Å². The van der Waals surface area contributed by atoms with Crippen LogP contribution in [0.25, 0.3) is 11.2 Å². The van der Waals surface area contributed by atoms with Crippen LogP contribution >= 0.6 is 34.4 Å². The third-order valence-corrected chi connectivity index (χ3v) is 9.67. The largest absolute Gasteiger partial charge is 0.382 e. The lowest BCUT2D eigenvalue weighted by Gasteiger charge is -2.11. The van der Waals surface area contributed by atoms with Crippen LogP contribution < -0.4 is 10.5 Å². The lowest BCUT2D eigenvalue weighted by molar-refractivity contribution is 0.0994. The Morgan fingerprint density at radius 1 is 1.26 bits per heavy atom. The van der Waals surface area contributed by atoms with Crippen LogP contribution in [0.15, 0.2) is 28.5 Å². The molecule has 2 aromatic heterocycles. The standard InChI is InChI=1S/C19H19IN6O3S2/c20-13-7-10-1-4-14(27)12(10)8-15(13)30-19-25-16-17(21)22-9-23-18(16)26(19)6-5-24-31(28,29)11-2-3-11/h7-9,11,24H,1-6H2,(H2,21,22,23). The summed E-state index contributed by atoms with van der Waals surface area (Å²) in [6.45, 7) is 0.573. The smallest absolute Gasteiger partial charge is 0.214 e. The number of nitrogen functional groups attached to an aromatic ring is 1. The number of hydrogen-bond acceptors (Lipinski definition) is 8. The van der Waals surface area contributed by atoms with E-state index >= 15 is 0 Å². The molecule has 0 bridgehead atoms. The number of ketones is 1. The topological polar surface area (TPSA) is 133 Å². The number of sulfonamides is 1. The van der Waals surface area contributed by atoms with Crippen molar-refractivity contribution in [2.45, 2.75) is 47.5 Å². The van der Waals surface area contributed by atoms with Crippen molar-refractivity contribution in [1.82, 2.24) is 24.2 Å². The van der Waals surface area contributed by atoms with Gasteiger partial charge in [-0.1, -0.05) is 11.8 Å². The minimum atomic E-state index is -3.28. The second kappa shape index (κ2) is 7.98. The number of rotatable bonds is 7. The Kier molecular flexibility index (Phi) is 5.43. The highest BCUT2D eigenvalue weighted by Crippen LogP contribution is 2.37. The lowest BCUT2D eigenvalue weighted by Crippen LogP contribution is -2.30. The van der Waals surface area contributed by atoms with Crippen molar-refractivity contribution in [3.05, 3.63) is 33.2 Å². The van der Waals surface area contributed by atoms with Gasteiger partial charge in [-0.3, -0.25) is 4.79 Å². The lowest BCUT2D eigenvalue weighted by atomic mass is 10.1. The van der Waals surface area contributed by atoms with E-state index in [9.17, 15) is 13.2 Å². The average Bonchev–Trinajstić information content (AvgIpc) is 3.46. The first kappa shape index (κ1) is 21.1. The molecular formula is C19H19IN6O3S2. The monoisotopic (exact) mass is 570 g/mol. The molecular weight excluding hydrogens is 551 g/mol. The second-order valence-electron chi connectivity index (χ2n) is 7.58. The predicted molar refractivity (Wildman–Crippen MR) is 126 cm³/mol. The summed E-state index contributed by atoms with van der Waals surface area (Å²) < 4.78 is 29.9. The van der Waals surface area contributed by atoms with Gasteiger partial charge in [0.25, 0.3) is 0 Å². The molecule has 31 heavy (non-hydrogen) atoms. The summed E-state index contributed by atoms with van der Waals surface area (Å²) in [5.74, 6) is 0.425. The highest BCUT2D eigenvalue weighted by Gasteiger charge is 2.35. The van der Waals surface area contributed by atoms with Crippen LogP contribution in [0.2, 0.25) is 0 Å². The van der Waals surface area contributed by atoms with Gasteiger partial charge >= 0.3 is 0 Å². The number of halogens is 1. The highest BCUT2D eigenvalue weighted by molar-refractivity contribution is 14.1. The van der Waals surface area contributed by atoms with E-state index in [1.165, 1.54) is 18.1 Å². The second-order valence-corrected chi connectivity index (χ2v) is 11.8. The molecule has 9 nitrogen and oxygen atoms in total. The maximum absolute atomic E-state index is 12.2. The molecule has 12 heteroatoms. The number of aryl methyl sites for hydroxylation is 1. The zero-order valence-corrected chi connectivity index (χ0v) is 20.1. The first-order valence-electron chi connectivity index (χ1n) is 9.82. The third-order valence-electron chi connectivity index (χ3n) is 5.41. The van der Waals surface area contributed by atoms with Gasteiger partial charge in [0.05, 0.1) is 5.25 Å². The molecule has 1 aromatic carbocycles. The number of Topliss-reactive ketones (excluding diaryl/α,β-unsaturated/α-hetero) is 1. The molecule has 2 aliphatic carbocycles. The quantitative estimate of drug-likeness (QED) is 0.414. The normalized spacial score (nSPS) is 16.2. The average molecular weight is 570 g/mol. The van der Waals surface area contributed by atoms with Gasteiger partial charge in [0, 0.05) is 33.5 Å². The third kappa shape index (κ3) is 4.05. The molecule has 0 spiro atoms. The molecule has 0 amide bonds. The summed E-state index contributed by atoms with van der Waals surface area (Å²) in [6.07, 6.45) is 4.12. The molecule has 162 valence electrons. The molecule has 3 aromatic rings. The van der Waals surface area contributed by atoms with E-state index in [1.807, 2.05) is 16.7 Å². The van der Waals surface area contributed by atoms with Crippen molar-refractivity contribution in [1.29, 1.82) is 0 Å². The number of nitrogens with two attached hydrogens (primary N) is 1. The first-order valence-corrected chi connectivity index (χ1v) is 13.3. The molecule has 3 N–H and O–H groups in total. The van der Waals surface area contributed by atoms with E-state index < -0.39 is 10.0 Å². The molecule has 0 aliphatic heterocycles. The Bertz CT molecular complexity index is 1320. The van der Waals surface area contributed by atoms with Crippen molar-refractivity contribution in [3.8, 4) is 0 Å². The van der Waals surface area contributed by atoms with Gasteiger partial charge in [-0.15, -0.1) is 0 Å². The van der Waals surface area contributed by atoms with Crippen LogP contribution in [0.1, 0.15) is 35.2 Å². The number of carbonyl (C=O) groups is 1. The van der Waals surface area contributed by atoms with E-state index in [4.69, 9.17) is 5.73 Å². The minimum absolute atomic E-state index is 0.159. The number of nitrogens with one attached hydrogen (secondary N) is 1. The van der Waals surface area contributed by atoms with E-state index in [-0.39, 0.29) is 23.4 Å². The Morgan fingerprint density at radius 3 is 2.84 bits per heavy atom. The molecule has 0 unspecified atom stereocenters. The molecule has 2 aliphatic rings. The van der Waals surface area contributed by atoms with Crippen molar-refractivity contribution in [2.75, 3.05) is 12.3 Å². The van der Waals surface area contributed by atoms with Gasteiger partial charge < -0.3 is 10.3 Å². The molecule has 0 atom stereocenters. The van der Waals surface area contributed by atoms with Crippen LogP contribution in [0.3, 0.4) is 0 Å². The van der Waals surface area contributed by atoms with Crippen molar-refractivity contribution < 1.29 is 13.2 Å². The van der Waals surface area contributed by atoms with E-state index in [1.54, 1.807) is 0 Å². The minimum Gasteiger partial charge on any atom is -0.382 e. The van der Waals surface area contributed by atoms with Crippen LogP contribution in [0.4, 0.5) is 5.82 Å². The summed E-state index contributed by atoms with van der Waals surface area (Å²) in [7, 11) is -3.28. The number of aromatic nitrogens is 4. The van der Waals surface area contributed by atoms with Crippen LogP contribution in [-0.2, 0) is 23.0 Å². The number of carbonyl (C=O) groups excluding carboxylic acids is 1. The predicted octanol–water partition coefficient (Wildman–Crippen LogP) is 2.38. The summed E-state index contributed by atoms with van der Waals surface area (Å²) in [5, 5.41) is 0.348. The fraction of sp³-hybridized carbons (Fsp3) is 0.368. The molecule has 0 radical (unpaired) electrons. The number of benzene rings is 1. The van der Waals surface area contributed by atoms with Gasteiger partial charge in [0.1, 0.15) is 6.33 Å². The summed E-state index contributed by atoms with van der Waals surface area (Å²) in [5.41, 5.74) is 8.88. The Balaban J connectivity index is 1.48. The zero-order valence-electron chi connectivity index (χ0n) is 16.3. The number of imidazole rings is 1. The summed E-state index contributed by atoms with van der Waals surface area (Å²) >= 11 is 3.68. The molecule has 0 saturated heterocycles. The van der Waals surface area contributed by atoms with E-state index in [0.29, 0.717) is 42.1 Å². The zero-order chi connectivity index (χ0) is 21.8. The number of anilines is 1. The number of hydrogen-bond donors (Lipinski definition) is 2. The van der Waals surface area contributed by atoms with Crippen LogP contribution in [-0.4, -0.2) is 45.5 Å². The van der Waals surface area contributed by atoms with Gasteiger partial charge in [0.2, 0.25) is 10.0 Å². The highest BCUT2D eigenvalue weighted by atomic mass is 127. The molecule has 1 saturated carbocycles. The summed E-state index contributed by atoms with van der Waals surface area (Å²) in [4.78, 5) is 26.1. The molecule has 5 rings (SSSR count).